The van der Waals surface area contributed by atoms with E-state index < -0.39 is 28.5 Å². The first-order chi connectivity index (χ1) is 17.0. The lowest BCUT2D eigenvalue weighted by molar-refractivity contribution is -0.140. The van der Waals surface area contributed by atoms with Gasteiger partial charge in [-0.15, -0.1) is 0 Å². The molecule has 2 amide bonds. The average Bonchev–Trinajstić information content (AvgIpc) is 2.85. The summed E-state index contributed by atoms with van der Waals surface area (Å²) in [6.45, 7) is 3.82. The zero-order valence-corrected chi connectivity index (χ0v) is 22.9. The predicted octanol–water partition coefficient (Wildman–Crippen LogP) is 3.46. The van der Waals surface area contributed by atoms with Crippen molar-refractivity contribution in [2.45, 2.75) is 39.3 Å². The van der Waals surface area contributed by atoms with Crippen molar-refractivity contribution in [2.24, 2.45) is 0 Å². The summed E-state index contributed by atoms with van der Waals surface area (Å²) in [6, 6.07) is 10.8. The Hall–Kier alpha value is -2.98. The van der Waals surface area contributed by atoms with E-state index in [-0.39, 0.29) is 23.2 Å². The first-order valence-corrected chi connectivity index (χ1v) is 13.8. The van der Waals surface area contributed by atoms with Crippen LogP contribution in [0.3, 0.4) is 0 Å². The van der Waals surface area contributed by atoms with Gasteiger partial charge in [-0.3, -0.25) is 13.9 Å². The molecule has 1 atom stereocenters. The number of methoxy groups -OCH3 is 2. The summed E-state index contributed by atoms with van der Waals surface area (Å²) in [5, 5.41) is 3.05. The van der Waals surface area contributed by atoms with Crippen molar-refractivity contribution in [1.29, 1.82) is 0 Å². The second kappa shape index (κ2) is 13.4. The number of anilines is 1. The number of sulfonamides is 1. The number of carbonyl (C=O) groups is 2. The quantitative estimate of drug-likeness (QED) is 0.418. The van der Waals surface area contributed by atoms with Crippen LogP contribution in [-0.2, 0) is 26.2 Å². The molecule has 0 aromatic heterocycles. The van der Waals surface area contributed by atoms with E-state index in [2.05, 4.69) is 5.32 Å². The average molecular weight is 540 g/mol. The second-order valence-corrected chi connectivity index (χ2v) is 10.5. The molecule has 0 saturated carbocycles. The maximum absolute atomic E-state index is 13.6. The summed E-state index contributed by atoms with van der Waals surface area (Å²) < 4.78 is 36.7. The fraction of sp³-hybridized carbons (Fsp3) is 0.440. The van der Waals surface area contributed by atoms with Crippen molar-refractivity contribution in [3.8, 4) is 11.5 Å². The molecule has 36 heavy (non-hydrogen) atoms. The second-order valence-electron chi connectivity index (χ2n) is 8.17. The molecular formula is C25H34ClN3O6S. The predicted molar refractivity (Wildman–Crippen MR) is 141 cm³/mol. The van der Waals surface area contributed by atoms with Gasteiger partial charge in [-0.05, 0) is 48.7 Å². The number of hydrogen-bond donors (Lipinski definition) is 1. The van der Waals surface area contributed by atoms with E-state index in [1.165, 1.54) is 30.2 Å². The van der Waals surface area contributed by atoms with E-state index in [0.29, 0.717) is 24.5 Å². The molecule has 0 aliphatic carbocycles. The van der Waals surface area contributed by atoms with E-state index in [9.17, 15) is 18.0 Å². The number of rotatable bonds is 13. The molecule has 2 rings (SSSR count). The van der Waals surface area contributed by atoms with Gasteiger partial charge in [-0.2, -0.15) is 0 Å². The van der Waals surface area contributed by atoms with Crippen molar-refractivity contribution >= 4 is 39.1 Å². The van der Waals surface area contributed by atoms with Gasteiger partial charge in [0.2, 0.25) is 21.8 Å². The van der Waals surface area contributed by atoms with Crippen LogP contribution in [0, 0.1) is 0 Å². The third-order valence-electron chi connectivity index (χ3n) is 5.55. The zero-order chi connectivity index (χ0) is 26.9. The number of halogens is 1. The minimum Gasteiger partial charge on any atom is -0.497 e. The maximum atomic E-state index is 13.6. The van der Waals surface area contributed by atoms with Gasteiger partial charge in [0.15, 0.2) is 0 Å². The van der Waals surface area contributed by atoms with Gasteiger partial charge in [0, 0.05) is 13.1 Å². The first-order valence-electron chi connectivity index (χ1n) is 11.6. The molecule has 9 nitrogen and oxygen atoms in total. The Bertz CT molecular complexity index is 1140. The van der Waals surface area contributed by atoms with E-state index >= 15 is 0 Å². The molecular weight excluding hydrogens is 506 g/mol. The smallest absolute Gasteiger partial charge is 0.244 e. The molecule has 2 aromatic carbocycles. The molecule has 0 spiro atoms. The Morgan fingerprint density at radius 2 is 1.72 bits per heavy atom. The van der Waals surface area contributed by atoms with Gasteiger partial charge in [-0.1, -0.05) is 37.6 Å². The molecule has 0 heterocycles. The zero-order valence-electron chi connectivity index (χ0n) is 21.3. The Kier molecular flexibility index (Phi) is 10.9. The highest BCUT2D eigenvalue weighted by atomic mass is 35.5. The van der Waals surface area contributed by atoms with Crippen molar-refractivity contribution in [3.05, 3.63) is 53.1 Å². The summed E-state index contributed by atoms with van der Waals surface area (Å²) in [4.78, 5) is 28.0. The molecule has 0 unspecified atom stereocenters. The number of nitrogens with one attached hydrogen (secondary N) is 1. The summed E-state index contributed by atoms with van der Waals surface area (Å²) in [5.74, 6) is 0.213. The number of benzene rings is 2. The fourth-order valence-corrected chi connectivity index (χ4v) is 4.73. The molecule has 0 fully saturated rings. The highest BCUT2D eigenvalue weighted by Crippen LogP contribution is 2.30. The highest BCUT2D eigenvalue weighted by Gasteiger charge is 2.31. The lowest BCUT2D eigenvalue weighted by atomic mass is 10.1. The van der Waals surface area contributed by atoms with E-state index in [1.54, 1.807) is 31.4 Å². The van der Waals surface area contributed by atoms with Gasteiger partial charge >= 0.3 is 0 Å². The van der Waals surface area contributed by atoms with Gasteiger partial charge in [-0.25, -0.2) is 8.42 Å². The Balaban J connectivity index is 2.44. The molecule has 198 valence electrons. The molecule has 0 saturated heterocycles. The molecule has 2 aromatic rings. The fourth-order valence-electron chi connectivity index (χ4n) is 3.64. The maximum Gasteiger partial charge on any atom is 0.244 e. The molecule has 0 aliphatic rings. The van der Waals surface area contributed by atoms with Crippen LogP contribution in [0.25, 0.3) is 0 Å². The highest BCUT2D eigenvalue weighted by molar-refractivity contribution is 7.92. The third-order valence-corrected chi connectivity index (χ3v) is 6.99. The Labute approximate surface area is 218 Å². The number of hydrogen-bond acceptors (Lipinski definition) is 6. The normalized spacial score (nSPS) is 11.9. The SMILES string of the molecule is CCCNC(=O)[C@@H](CC)N(Cc1ccc(OC)cc1)C(=O)CN(c1ccc(OC)c(Cl)c1)S(C)(=O)=O. The minimum atomic E-state index is -3.86. The van der Waals surface area contributed by atoms with Crippen molar-refractivity contribution < 1.29 is 27.5 Å². The summed E-state index contributed by atoms with van der Waals surface area (Å²) in [5.41, 5.74) is 0.980. The van der Waals surface area contributed by atoms with Crippen molar-refractivity contribution in [3.63, 3.8) is 0 Å². The van der Waals surface area contributed by atoms with Gasteiger partial charge < -0.3 is 19.7 Å². The lowest BCUT2D eigenvalue weighted by Gasteiger charge is -2.33. The van der Waals surface area contributed by atoms with Crippen molar-refractivity contribution in [1.82, 2.24) is 10.2 Å². The Morgan fingerprint density at radius 1 is 1.06 bits per heavy atom. The number of carbonyl (C=O) groups excluding carboxylic acids is 2. The van der Waals surface area contributed by atoms with Gasteiger partial charge in [0.25, 0.3) is 0 Å². The van der Waals surface area contributed by atoms with Gasteiger partial charge in [0.05, 0.1) is 31.2 Å². The van der Waals surface area contributed by atoms with Crippen LogP contribution in [-0.4, -0.2) is 64.7 Å². The van der Waals surface area contributed by atoms with Crippen LogP contribution in [0.4, 0.5) is 5.69 Å². The third kappa shape index (κ3) is 7.76. The number of ether oxygens (including phenoxy) is 2. The summed E-state index contributed by atoms with van der Waals surface area (Å²) >= 11 is 6.21. The van der Waals surface area contributed by atoms with Crippen LogP contribution >= 0.6 is 11.6 Å². The standard InChI is InChI=1S/C25H34ClN3O6S/c1-6-14-27-25(31)22(7-2)28(16-18-8-11-20(34-3)12-9-18)24(30)17-29(36(5,32)33)19-10-13-23(35-4)21(26)15-19/h8-13,15,22H,6-7,14,16-17H2,1-5H3,(H,27,31)/t22-/m1/s1. The monoisotopic (exact) mass is 539 g/mol. The first kappa shape index (κ1) is 29.3. The molecule has 1 N–H and O–H groups in total. The number of nitrogens with zero attached hydrogens (tertiary/aromatic N) is 2. The molecule has 0 radical (unpaired) electrons. The minimum absolute atomic E-state index is 0.113. The molecule has 0 bridgehead atoms. The van der Waals surface area contributed by atoms with E-state index in [1.807, 2.05) is 13.8 Å². The summed E-state index contributed by atoms with van der Waals surface area (Å²) in [6.07, 6.45) is 2.11. The van der Waals surface area contributed by atoms with Crippen LogP contribution in [0.5, 0.6) is 11.5 Å². The molecule has 11 heteroatoms. The van der Waals surface area contributed by atoms with Crippen molar-refractivity contribution in [2.75, 3.05) is 37.9 Å². The lowest BCUT2D eigenvalue weighted by Crippen LogP contribution is -2.52. The topological polar surface area (TPSA) is 105 Å². The summed E-state index contributed by atoms with van der Waals surface area (Å²) in [7, 11) is -0.857. The van der Waals surface area contributed by atoms with Crippen LogP contribution in [0.15, 0.2) is 42.5 Å². The van der Waals surface area contributed by atoms with Crippen LogP contribution in [0.2, 0.25) is 5.02 Å². The largest absolute Gasteiger partial charge is 0.497 e. The van der Waals surface area contributed by atoms with Gasteiger partial charge in [0.1, 0.15) is 24.1 Å². The molecule has 0 aliphatic heterocycles. The Morgan fingerprint density at radius 3 is 2.22 bits per heavy atom. The van der Waals surface area contributed by atoms with E-state index in [4.69, 9.17) is 21.1 Å². The van der Waals surface area contributed by atoms with E-state index in [0.717, 1.165) is 22.5 Å². The van der Waals surface area contributed by atoms with Crippen LogP contribution < -0.4 is 19.1 Å². The van der Waals surface area contributed by atoms with Crippen LogP contribution in [0.1, 0.15) is 32.3 Å². The number of amides is 2.